The molecule has 2 heteroatoms. The average molecular weight is 282 g/mol. The Morgan fingerprint density at radius 2 is 1.67 bits per heavy atom. The summed E-state index contributed by atoms with van der Waals surface area (Å²) in [7, 11) is 0. The Morgan fingerprint density at radius 3 is 2.38 bits per heavy atom. The molecule has 110 valence electrons. The zero-order valence-electron chi connectivity index (χ0n) is 12.8. The van der Waals surface area contributed by atoms with Gasteiger partial charge in [-0.05, 0) is 67.5 Å². The smallest absolute Gasteiger partial charge is 0.159 e. The van der Waals surface area contributed by atoms with Crippen LogP contribution in [-0.4, -0.2) is 11.9 Å². The van der Waals surface area contributed by atoms with Gasteiger partial charge in [-0.1, -0.05) is 25.1 Å². The summed E-state index contributed by atoms with van der Waals surface area (Å²) in [5, 5.41) is 2.22. The largest absolute Gasteiger partial charge is 0.490 e. The van der Waals surface area contributed by atoms with Crippen LogP contribution in [-0.2, 0) is 0 Å². The topological polar surface area (TPSA) is 26.3 Å². The van der Waals surface area contributed by atoms with Crippen molar-refractivity contribution in [3.05, 3.63) is 42.0 Å². The number of Topliss-reactive ketones (excluding diaryl/α,β-unsaturated/α-hetero) is 1. The number of rotatable bonds is 3. The maximum atomic E-state index is 11.4. The van der Waals surface area contributed by atoms with Crippen LogP contribution in [0.15, 0.2) is 36.4 Å². The molecule has 0 radical (unpaired) electrons. The lowest BCUT2D eigenvalue weighted by atomic mass is 9.89. The fourth-order valence-corrected chi connectivity index (χ4v) is 3.06. The number of hydrogen-bond donors (Lipinski definition) is 0. The predicted octanol–water partition coefficient (Wildman–Crippen LogP) is 5.00. The van der Waals surface area contributed by atoms with Crippen molar-refractivity contribution >= 4 is 16.6 Å². The molecule has 0 atom stereocenters. The highest BCUT2D eigenvalue weighted by Gasteiger charge is 2.19. The van der Waals surface area contributed by atoms with E-state index >= 15 is 0 Å². The lowest BCUT2D eigenvalue weighted by Gasteiger charge is -2.27. The average Bonchev–Trinajstić information content (AvgIpc) is 2.49. The van der Waals surface area contributed by atoms with Crippen LogP contribution in [0, 0.1) is 5.92 Å². The zero-order valence-corrected chi connectivity index (χ0v) is 12.8. The standard InChI is InChI=1S/C19H22O2/c1-13-3-8-18(9-4-13)21-19-10-7-16-11-15(14(2)20)5-6-17(16)12-19/h5-7,10-13,18H,3-4,8-9H2,1-2H3/t13-,18+. The second-order valence-electron chi connectivity index (χ2n) is 6.28. The summed E-state index contributed by atoms with van der Waals surface area (Å²) in [6.45, 7) is 3.92. The van der Waals surface area contributed by atoms with Gasteiger partial charge in [0.05, 0.1) is 6.10 Å². The SMILES string of the molecule is CC(=O)c1ccc2cc(O[C@H]3CC[C@@H](C)CC3)ccc2c1. The van der Waals surface area contributed by atoms with Crippen LogP contribution in [0.3, 0.4) is 0 Å². The van der Waals surface area contributed by atoms with E-state index in [4.69, 9.17) is 4.74 Å². The van der Waals surface area contributed by atoms with Gasteiger partial charge >= 0.3 is 0 Å². The molecule has 1 fully saturated rings. The van der Waals surface area contributed by atoms with Crippen LogP contribution in [0.4, 0.5) is 0 Å². The van der Waals surface area contributed by atoms with Crippen LogP contribution in [0.5, 0.6) is 5.75 Å². The number of carbonyl (C=O) groups is 1. The molecule has 0 saturated heterocycles. The Hall–Kier alpha value is -1.83. The van der Waals surface area contributed by atoms with Crippen LogP contribution in [0.1, 0.15) is 49.9 Å². The molecule has 0 bridgehead atoms. The van der Waals surface area contributed by atoms with Crippen molar-refractivity contribution in [2.24, 2.45) is 5.92 Å². The number of ether oxygens (including phenoxy) is 1. The minimum absolute atomic E-state index is 0.105. The van der Waals surface area contributed by atoms with Gasteiger partial charge in [0.25, 0.3) is 0 Å². The highest BCUT2D eigenvalue weighted by molar-refractivity contribution is 5.98. The van der Waals surface area contributed by atoms with E-state index in [1.54, 1.807) is 6.92 Å². The molecule has 1 aliphatic carbocycles. The normalized spacial score (nSPS) is 22.2. The third kappa shape index (κ3) is 3.26. The summed E-state index contributed by atoms with van der Waals surface area (Å²) in [6.07, 6.45) is 5.20. The summed E-state index contributed by atoms with van der Waals surface area (Å²) >= 11 is 0. The number of fused-ring (bicyclic) bond motifs is 1. The van der Waals surface area contributed by atoms with Crippen LogP contribution < -0.4 is 4.74 Å². The van der Waals surface area contributed by atoms with Crippen molar-refractivity contribution in [2.75, 3.05) is 0 Å². The molecule has 2 aromatic rings. The Balaban J connectivity index is 1.78. The van der Waals surface area contributed by atoms with Gasteiger partial charge in [0.1, 0.15) is 5.75 Å². The summed E-state index contributed by atoms with van der Waals surface area (Å²) in [4.78, 5) is 11.4. The van der Waals surface area contributed by atoms with Gasteiger partial charge < -0.3 is 4.74 Å². The summed E-state index contributed by atoms with van der Waals surface area (Å²) < 4.78 is 6.12. The molecule has 1 saturated carbocycles. The van der Waals surface area contributed by atoms with Crippen molar-refractivity contribution < 1.29 is 9.53 Å². The molecule has 0 aromatic heterocycles. The minimum atomic E-state index is 0.105. The first-order chi connectivity index (χ1) is 10.1. The molecule has 0 aliphatic heterocycles. The molecule has 0 spiro atoms. The highest BCUT2D eigenvalue weighted by atomic mass is 16.5. The quantitative estimate of drug-likeness (QED) is 0.740. The Bertz CT molecular complexity index is 652. The molecule has 2 nitrogen and oxygen atoms in total. The molecule has 2 aromatic carbocycles. The molecule has 0 amide bonds. The number of benzene rings is 2. The highest BCUT2D eigenvalue weighted by Crippen LogP contribution is 2.29. The molecule has 21 heavy (non-hydrogen) atoms. The van der Waals surface area contributed by atoms with Crippen LogP contribution >= 0.6 is 0 Å². The first-order valence-electron chi connectivity index (χ1n) is 7.83. The first-order valence-corrected chi connectivity index (χ1v) is 7.83. The summed E-state index contributed by atoms with van der Waals surface area (Å²) in [5.41, 5.74) is 0.762. The van der Waals surface area contributed by atoms with Gasteiger partial charge in [-0.2, -0.15) is 0 Å². The minimum Gasteiger partial charge on any atom is -0.490 e. The van der Waals surface area contributed by atoms with E-state index in [0.29, 0.717) is 6.10 Å². The van der Waals surface area contributed by atoms with E-state index in [2.05, 4.69) is 13.0 Å². The molecule has 0 unspecified atom stereocenters. The van der Waals surface area contributed by atoms with Gasteiger partial charge in [-0.3, -0.25) is 4.79 Å². The fourth-order valence-electron chi connectivity index (χ4n) is 3.06. The Kier molecular flexibility index (Phi) is 3.96. The summed E-state index contributed by atoms with van der Waals surface area (Å²) in [6, 6.07) is 12.0. The van der Waals surface area contributed by atoms with E-state index in [1.165, 1.54) is 12.8 Å². The van der Waals surface area contributed by atoms with E-state index < -0.39 is 0 Å². The van der Waals surface area contributed by atoms with E-state index in [9.17, 15) is 4.79 Å². The molecule has 0 heterocycles. The van der Waals surface area contributed by atoms with Crippen molar-refractivity contribution in [2.45, 2.75) is 45.6 Å². The zero-order chi connectivity index (χ0) is 14.8. The number of hydrogen-bond acceptors (Lipinski definition) is 2. The third-order valence-electron chi connectivity index (χ3n) is 4.48. The Labute approximate surface area is 126 Å². The lowest BCUT2D eigenvalue weighted by molar-refractivity contribution is 0.101. The molecular formula is C19H22O2. The third-order valence-corrected chi connectivity index (χ3v) is 4.48. The molecule has 1 aliphatic rings. The maximum Gasteiger partial charge on any atom is 0.159 e. The molecular weight excluding hydrogens is 260 g/mol. The van der Waals surface area contributed by atoms with Gasteiger partial charge in [-0.25, -0.2) is 0 Å². The predicted molar refractivity (Wildman–Crippen MR) is 86.0 cm³/mol. The van der Waals surface area contributed by atoms with Crippen molar-refractivity contribution in [1.82, 2.24) is 0 Å². The van der Waals surface area contributed by atoms with Gasteiger partial charge in [0.15, 0.2) is 5.78 Å². The van der Waals surface area contributed by atoms with Gasteiger partial charge in [0, 0.05) is 5.56 Å². The fraction of sp³-hybridized carbons (Fsp3) is 0.421. The van der Waals surface area contributed by atoms with Crippen molar-refractivity contribution in [3.63, 3.8) is 0 Å². The number of carbonyl (C=O) groups excluding carboxylic acids is 1. The van der Waals surface area contributed by atoms with Crippen LogP contribution in [0.2, 0.25) is 0 Å². The second kappa shape index (κ2) is 5.88. The number of ketones is 1. The molecule has 0 N–H and O–H groups in total. The van der Waals surface area contributed by atoms with Crippen molar-refractivity contribution in [1.29, 1.82) is 0 Å². The summed E-state index contributed by atoms with van der Waals surface area (Å²) in [5.74, 6) is 1.89. The maximum absolute atomic E-state index is 11.4. The lowest BCUT2D eigenvalue weighted by Crippen LogP contribution is -2.22. The van der Waals surface area contributed by atoms with E-state index in [1.807, 2.05) is 30.3 Å². The van der Waals surface area contributed by atoms with E-state index in [0.717, 1.165) is 40.8 Å². The van der Waals surface area contributed by atoms with E-state index in [-0.39, 0.29) is 5.78 Å². The Morgan fingerprint density at radius 1 is 1.00 bits per heavy atom. The van der Waals surface area contributed by atoms with Gasteiger partial charge in [0.2, 0.25) is 0 Å². The van der Waals surface area contributed by atoms with Gasteiger partial charge in [-0.15, -0.1) is 0 Å². The van der Waals surface area contributed by atoms with Crippen LogP contribution in [0.25, 0.3) is 10.8 Å². The second-order valence-corrected chi connectivity index (χ2v) is 6.28. The van der Waals surface area contributed by atoms with Crippen molar-refractivity contribution in [3.8, 4) is 5.75 Å². The monoisotopic (exact) mass is 282 g/mol. The first kappa shape index (κ1) is 14.1. The molecule has 3 rings (SSSR count).